The van der Waals surface area contributed by atoms with E-state index in [-0.39, 0.29) is 27.8 Å². The van der Waals surface area contributed by atoms with Crippen molar-refractivity contribution in [2.75, 3.05) is 10.0 Å². The summed E-state index contributed by atoms with van der Waals surface area (Å²) in [6.07, 6.45) is 1.56. The van der Waals surface area contributed by atoms with Gasteiger partial charge in [-0.2, -0.15) is 8.78 Å². The number of aromatic nitrogens is 2. The van der Waals surface area contributed by atoms with Gasteiger partial charge in [0.05, 0.1) is 10.5 Å². The van der Waals surface area contributed by atoms with E-state index in [2.05, 4.69) is 24.7 Å². The lowest BCUT2D eigenvalue weighted by Crippen LogP contribution is -2.30. The number of anilines is 2. The Balaban J connectivity index is 1.57. The number of esters is 1. The summed E-state index contributed by atoms with van der Waals surface area (Å²) in [5.74, 6) is -1.74. The average molecular weight is 492 g/mol. The fourth-order valence-corrected chi connectivity index (χ4v) is 3.50. The molecule has 1 heterocycles. The van der Waals surface area contributed by atoms with Crippen LogP contribution in [0, 0.1) is 0 Å². The molecule has 3 aromatic rings. The molecule has 1 atom stereocenters. The van der Waals surface area contributed by atoms with Crippen molar-refractivity contribution in [3.05, 3.63) is 72.6 Å². The minimum absolute atomic E-state index is 0.0331. The summed E-state index contributed by atoms with van der Waals surface area (Å²) in [7, 11) is -3.94. The Kier molecular flexibility index (Phi) is 7.68. The number of ether oxygens (including phenoxy) is 2. The molecule has 2 N–H and O–H groups in total. The van der Waals surface area contributed by atoms with Gasteiger partial charge < -0.3 is 14.8 Å². The van der Waals surface area contributed by atoms with Gasteiger partial charge in [-0.05, 0) is 61.5 Å². The molecule has 0 aliphatic rings. The van der Waals surface area contributed by atoms with Crippen molar-refractivity contribution in [2.45, 2.75) is 24.5 Å². The molecular formula is C21H18F2N4O6S. The fourth-order valence-electron chi connectivity index (χ4n) is 2.55. The first-order valence-electron chi connectivity index (χ1n) is 9.60. The van der Waals surface area contributed by atoms with Crippen LogP contribution in [0.2, 0.25) is 0 Å². The number of sulfonamides is 1. The van der Waals surface area contributed by atoms with Crippen molar-refractivity contribution in [3.8, 4) is 5.75 Å². The molecule has 34 heavy (non-hydrogen) atoms. The predicted octanol–water partition coefficient (Wildman–Crippen LogP) is 3.06. The second-order valence-electron chi connectivity index (χ2n) is 6.64. The van der Waals surface area contributed by atoms with E-state index in [9.17, 15) is 26.8 Å². The van der Waals surface area contributed by atoms with Gasteiger partial charge in [-0.25, -0.2) is 27.9 Å². The lowest BCUT2D eigenvalue weighted by molar-refractivity contribution is -0.123. The van der Waals surface area contributed by atoms with Gasteiger partial charge in [-0.15, -0.1) is 0 Å². The number of hydrogen-bond donors (Lipinski definition) is 2. The molecule has 178 valence electrons. The second kappa shape index (κ2) is 10.7. The Morgan fingerprint density at radius 1 is 0.971 bits per heavy atom. The van der Waals surface area contributed by atoms with E-state index in [1.807, 2.05) is 0 Å². The average Bonchev–Trinajstić information content (AvgIpc) is 2.80. The van der Waals surface area contributed by atoms with Gasteiger partial charge in [-0.1, -0.05) is 0 Å². The summed E-state index contributed by atoms with van der Waals surface area (Å²) >= 11 is 0. The normalized spacial score (nSPS) is 12.0. The molecule has 0 saturated heterocycles. The van der Waals surface area contributed by atoms with Crippen LogP contribution < -0.4 is 14.8 Å². The number of carbonyl (C=O) groups is 2. The third-order valence-electron chi connectivity index (χ3n) is 4.19. The van der Waals surface area contributed by atoms with Gasteiger partial charge in [0.25, 0.3) is 15.9 Å². The lowest BCUT2D eigenvalue weighted by Gasteiger charge is -2.14. The van der Waals surface area contributed by atoms with E-state index < -0.39 is 34.6 Å². The first-order valence-corrected chi connectivity index (χ1v) is 11.1. The molecule has 0 saturated carbocycles. The topological polar surface area (TPSA) is 137 Å². The molecule has 3 rings (SSSR count). The van der Waals surface area contributed by atoms with E-state index in [0.29, 0.717) is 0 Å². The zero-order chi connectivity index (χ0) is 24.7. The molecule has 1 amide bonds. The largest absolute Gasteiger partial charge is 0.449 e. The van der Waals surface area contributed by atoms with Crippen molar-refractivity contribution in [3.63, 3.8) is 0 Å². The number of hydrogen-bond acceptors (Lipinski definition) is 8. The van der Waals surface area contributed by atoms with Gasteiger partial charge in [0.15, 0.2) is 6.10 Å². The van der Waals surface area contributed by atoms with E-state index in [1.54, 1.807) is 0 Å². The first kappa shape index (κ1) is 24.5. The number of alkyl halides is 2. The summed E-state index contributed by atoms with van der Waals surface area (Å²) in [5, 5.41) is 2.50. The third-order valence-corrected chi connectivity index (χ3v) is 5.54. The molecule has 0 bridgehead atoms. The maximum atomic E-state index is 12.4. The highest BCUT2D eigenvalue weighted by Crippen LogP contribution is 2.18. The number of rotatable bonds is 9. The second-order valence-corrected chi connectivity index (χ2v) is 8.32. The molecule has 0 radical (unpaired) electrons. The molecular weight excluding hydrogens is 474 g/mol. The van der Waals surface area contributed by atoms with Crippen LogP contribution in [0.1, 0.15) is 17.3 Å². The first-order chi connectivity index (χ1) is 16.1. The lowest BCUT2D eigenvalue weighted by atomic mass is 10.2. The molecule has 0 spiro atoms. The summed E-state index contributed by atoms with van der Waals surface area (Å²) in [6.45, 7) is -1.66. The Morgan fingerprint density at radius 2 is 1.59 bits per heavy atom. The maximum Gasteiger partial charge on any atom is 0.387 e. The molecule has 13 heteroatoms. The summed E-state index contributed by atoms with van der Waals surface area (Å²) in [4.78, 5) is 32.0. The number of amides is 1. The van der Waals surface area contributed by atoms with Crippen LogP contribution in [0.25, 0.3) is 0 Å². The smallest absolute Gasteiger partial charge is 0.387 e. The summed E-state index contributed by atoms with van der Waals surface area (Å²) in [6, 6.07) is 11.6. The summed E-state index contributed by atoms with van der Waals surface area (Å²) < 4.78 is 60.7. The van der Waals surface area contributed by atoms with Crippen LogP contribution in [0.15, 0.2) is 71.9 Å². The third kappa shape index (κ3) is 6.68. The minimum atomic E-state index is -3.94. The zero-order valence-electron chi connectivity index (χ0n) is 17.5. The fraction of sp³-hybridized carbons (Fsp3) is 0.143. The van der Waals surface area contributed by atoms with Gasteiger partial charge in [0, 0.05) is 18.1 Å². The van der Waals surface area contributed by atoms with E-state index in [1.165, 1.54) is 73.9 Å². The zero-order valence-corrected chi connectivity index (χ0v) is 18.3. The Morgan fingerprint density at radius 3 is 2.18 bits per heavy atom. The van der Waals surface area contributed by atoms with Crippen LogP contribution in [-0.4, -0.2) is 43.0 Å². The number of nitrogens with one attached hydrogen (secondary N) is 2. The molecule has 10 nitrogen and oxygen atoms in total. The SMILES string of the molecule is C[C@H](OC(=O)c1ccc(OC(F)F)cc1)C(=O)Nc1ccc(S(=O)(=O)Nc2ncccn2)cc1. The highest BCUT2D eigenvalue weighted by molar-refractivity contribution is 7.92. The summed E-state index contributed by atoms with van der Waals surface area (Å²) in [5.41, 5.74) is 0.294. The van der Waals surface area contributed by atoms with Crippen LogP contribution in [0.5, 0.6) is 5.75 Å². The van der Waals surface area contributed by atoms with Crippen molar-refractivity contribution in [2.24, 2.45) is 0 Å². The van der Waals surface area contributed by atoms with Crippen LogP contribution in [0.3, 0.4) is 0 Å². The number of benzene rings is 2. The van der Waals surface area contributed by atoms with Crippen LogP contribution in [-0.2, 0) is 19.6 Å². The standard InChI is InChI=1S/C21H18F2N4O6S/c1-13(32-19(29)14-3-7-16(8-4-14)33-20(22)23)18(28)26-15-5-9-17(10-6-15)34(30,31)27-21-24-11-2-12-25-21/h2-13,20H,1H3,(H,26,28)(H,24,25,27)/t13-/m0/s1. The highest BCUT2D eigenvalue weighted by atomic mass is 32.2. The van der Waals surface area contributed by atoms with Crippen molar-refractivity contribution in [1.29, 1.82) is 0 Å². The monoisotopic (exact) mass is 492 g/mol. The molecule has 0 aliphatic carbocycles. The van der Waals surface area contributed by atoms with Crippen LogP contribution >= 0.6 is 0 Å². The molecule has 0 unspecified atom stereocenters. The van der Waals surface area contributed by atoms with Gasteiger partial charge in [0.2, 0.25) is 5.95 Å². The van der Waals surface area contributed by atoms with E-state index in [0.717, 1.165) is 0 Å². The van der Waals surface area contributed by atoms with Crippen molar-refractivity contribution >= 4 is 33.5 Å². The minimum Gasteiger partial charge on any atom is -0.449 e. The quantitative estimate of drug-likeness (QED) is 0.435. The van der Waals surface area contributed by atoms with Gasteiger partial charge in [0.1, 0.15) is 5.75 Å². The van der Waals surface area contributed by atoms with Gasteiger partial charge >= 0.3 is 12.6 Å². The van der Waals surface area contributed by atoms with E-state index in [4.69, 9.17) is 4.74 Å². The molecule has 0 aliphatic heterocycles. The number of halogens is 2. The Hall–Kier alpha value is -4.13. The predicted molar refractivity (Wildman–Crippen MR) is 116 cm³/mol. The molecule has 2 aromatic carbocycles. The highest BCUT2D eigenvalue weighted by Gasteiger charge is 2.20. The van der Waals surface area contributed by atoms with E-state index >= 15 is 0 Å². The Bertz CT molecular complexity index is 1240. The number of nitrogens with zero attached hydrogens (tertiary/aromatic N) is 2. The molecule has 1 aromatic heterocycles. The van der Waals surface area contributed by atoms with Crippen molar-refractivity contribution in [1.82, 2.24) is 9.97 Å². The molecule has 0 fully saturated rings. The van der Waals surface area contributed by atoms with Gasteiger partial charge in [-0.3, -0.25) is 4.79 Å². The maximum absolute atomic E-state index is 12.4. The Labute approximate surface area is 193 Å². The van der Waals surface area contributed by atoms with Crippen LogP contribution in [0.4, 0.5) is 20.4 Å². The number of carbonyl (C=O) groups excluding carboxylic acids is 2. The van der Waals surface area contributed by atoms with Crippen molar-refractivity contribution < 1.29 is 36.3 Å².